The Morgan fingerprint density at radius 1 is 1.04 bits per heavy atom. The third kappa shape index (κ3) is 7.54. The van der Waals surface area contributed by atoms with Gasteiger partial charge in [0.25, 0.3) is 0 Å². The molecule has 148 valence electrons. The van der Waals surface area contributed by atoms with Crippen molar-refractivity contribution in [2.45, 2.75) is 19.9 Å². The zero-order chi connectivity index (χ0) is 18.8. The Hall–Kier alpha value is -2.16. The van der Waals surface area contributed by atoms with Crippen LogP contribution in [-0.2, 0) is 13.0 Å². The lowest BCUT2D eigenvalue weighted by Crippen LogP contribution is -2.38. The summed E-state index contributed by atoms with van der Waals surface area (Å²) in [4.78, 5) is 4.61. The molecule has 0 aliphatic carbocycles. The van der Waals surface area contributed by atoms with Gasteiger partial charge in [0.2, 0.25) is 0 Å². The van der Waals surface area contributed by atoms with E-state index in [4.69, 9.17) is 9.47 Å². The number of nitrogens with one attached hydrogen (secondary N) is 2. The third-order valence-corrected chi connectivity index (χ3v) is 3.85. The number of ether oxygens (including phenoxy) is 2. The predicted molar refractivity (Wildman–Crippen MR) is 120 cm³/mol. The van der Waals surface area contributed by atoms with E-state index in [1.807, 2.05) is 43.3 Å². The van der Waals surface area contributed by atoms with Crippen LogP contribution in [0.1, 0.15) is 18.1 Å². The summed E-state index contributed by atoms with van der Waals surface area (Å²) in [6, 6.07) is 13.3. The minimum Gasteiger partial charge on any atom is -0.504 e. The molecule has 27 heavy (non-hydrogen) atoms. The van der Waals surface area contributed by atoms with Crippen molar-refractivity contribution in [1.82, 2.24) is 10.6 Å². The molecule has 0 saturated heterocycles. The fraction of sp³-hybridized carbons (Fsp3) is 0.350. The fourth-order valence-corrected chi connectivity index (χ4v) is 2.49. The second-order valence-electron chi connectivity index (χ2n) is 5.73. The smallest absolute Gasteiger partial charge is 0.191 e. The van der Waals surface area contributed by atoms with Crippen LogP contribution in [0.25, 0.3) is 0 Å². The van der Waals surface area contributed by atoms with Crippen LogP contribution in [0.3, 0.4) is 0 Å². The van der Waals surface area contributed by atoms with E-state index in [0.717, 1.165) is 42.3 Å². The molecule has 2 aromatic rings. The maximum Gasteiger partial charge on any atom is 0.191 e. The molecule has 0 fully saturated rings. The molecule has 7 heteroatoms. The largest absolute Gasteiger partial charge is 0.504 e. The summed E-state index contributed by atoms with van der Waals surface area (Å²) in [7, 11) is 3.21. The molecule has 0 radical (unpaired) electrons. The zero-order valence-corrected chi connectivity index (χ0v) is 18.3. The first kappa shape index (κ1) is 22.9. The van der Waals surface area contributed by atoms with Crippen molar-refractivity contribution in [3.63, 3.8) is 0 Å². The Morgan fingerprint density at radius 3 is 2.56 bits per heavy atom. The number of phenolic OH excluding ortho intramolecular Hbond substituents is 1. The molecule has 0 aliphatic heterocycles. The van der Waals surface area contributed by atoms with E-state index in [0.29, 0.717) is 12.3 Å². The van der Waals surface area contributed by atoms with Crippen molar-refractivity contribution in [2.75, 3.05) is 27.3 Å². The van der Waals surface area contributed by atoms with E-state index in [2.05, 4.69) is 15.6 Å². The van der Waals surface area contributed by atoms with E-state index in [1.54, 1.807) is 20.3 Å². The maximum absolute atomic E-state index is 9.66. The number of aromatic hydroxyl groups is 1. The van der Waals surface area contributed by atoms with Crippen molar-refractivity contribution in [3.8, 4) is 17.2 Å². The molecule has 3 N–H and O–H groups in total. The van der Waals surface area contributed by atoms with Crippen LogP contribution in [0.4, 0.5) is 0 Å². The Balaban J connectivity index is 0.00000364. The van der Waals surface area contributed by atoms with E-state index < -0.39 is 0 Å². The van der Waals surface area contributed by atoms with Crippen molar-refractivity contribution in [3.05, 3.63) is 53.6 Å². The topological polar surface area (TPSA) is 75.1 Å². The van der Waals surface area contributed by atoms with Gasteiger partial charge in [0.05, 0.1) is 20.8 Å². The summed E-state index contributed by atoms with van der Waals surface area (Å²) < 4.78 is 10.4. The average molecular weight is 485 g/mol. The van der Waals surface area contributed by atoms with Crippen molar-refractivity contribution in [2.24, 2.45) is 4.99 Å². The number of hydrogen-bond acceptors (Lipinski definition) is 4. The van der Waals surface area contributed by atoms with Crippen LogP contribution in [0.5, 0.6) is 17.2 Å². The number of methoxy groups -OCH3 is 2. The van der Waals surface area contributed by atoms with Crippen molar-refractivity contribution in [1.29, 1.82) is 0 Å². The first-order chi connectivity index (χ1) is 12.7. The molecular formula is C20H28IN3O3. The minimum absolute atomic E-state index is 0. The third-order valence-electron chi connectivity index (χ3n) is 3.85. The number of halogens is 1. The van der Waals surface area contributed by atoms with Crippen LogP contribution >= 0.6 is 24.0 Å². The molecule has 0 spiro atoms. The van der Waals surface area contributed by atoms with Gasteiger partial charge in [0.1, 0.15) is 5.75 Å². The molecule has 6 nitrogen and oxygen atoms in total. The van der Waals surface area contributed by atoms with Gasteiger partial charge in [0.15, 0.2) is 17.5 Å². The normalized spacial score (nSPS) is 10.7. The Labute approximate surface area is 178 Å². The monoisotopic (exact) mass is 485 g/mol. The molecule has 2 aromatic carbocycles. The average Bonchev–Trinajstić information content (AvgIpc) is 2.67. The summed E-state index contributed by atoms with van der Waals surface area (Å²) >= 11 is 0. The molecule has 2 rings (SSSR count). The van der Waals surface area contributed by atoms with Gasteiger partial charge in [-0.1, -0.05) is 18.2 Å². The van der Waals surface area contributed by atoms with Crippen molar-refractivity contribution >= 4 is 29.9 Å². The van der Waals surface area contributed by atoms with Gasteiger partial charge < -0.3 is 25.2 Å². The highest BCUT2D eigenvalue weighted by molar-refractivity contribution is 14.0. The second kappa shape index (κ2) is 12.3. The first-order valence-electron chi connectivity index (χ1n) is 8.67. The number of guanidine groups is 1. The highest BCUT2D eigenvalue weighted by Crippen LogP contribution is 2.26. The summed E-state index contributed by atoms with van der Waals surface area (Å²) in [6.45, 7) is 4.11. The number of benzene rings is 2. The molecule has 0 saturated carbocycles. The van der Waals surface area contributed by atoms with Crippen molar-refractivity contribution < 1.29 is 14.6 Å². The predicted octanol–water partition coefficient (Wildman–Crippen LogP) is 3.33. The highest BCUT2D eigenvalue weighted by atomic mass is 127. The minimum atomic E-state index is 0. The van der Waals surface area contributed by atoms with E-state index >= 15 is 0 Å². The quantitative estimate of drug-likeness (QED) is 0.304. The molecule has 0 unspecified atom stereocenters. The number of phenols is 1. The van der Waals surface area contributed by atoms with Gasteiger partial charge in [0, 0.05) is 13.1 Å². The standard InChI is InChI=1S/C20H27N3O3.HI/c1-4-21-20(23-14-16-6-5-7-17(12-16)25-2)22-11-10-15-8-9-18(24)19(13-15)26-3;/h5-9,12-13,24H,4,10-11,14H2,1-3H3,(H2,21,22,23);1H. The molecule has 0 amide bonds. The van der Waals surface area contributed by atoms with Gasteiger partial charge in [-0.2, -0.15) is 0 Å². The molecule has 0 aliphatic rings. The first-order valence-corrected chi connectivity index (χ1v) is 8.67. The zero-order valence-electron chi connectivity index (χ0n) is 16.0. The number of aliphatic imine (C=N–C) groups is 1. The maximum atomic E-state index is 9.66. The number of rotatable bonds is 8. The Kier molecular flexibility index (Phi) is 10.4. The fourth-order valence-electron chi connectivity index (χ4n) is 2.49. The highest BCUT2D eigenvalue weighted by Gasteiger charge is 2.04. The molecule has 0 heterocycles. The van der Waals surface area contributed by atoms with Crippen LogP contribution in [0, 0.1) is 0 Å². The molecule has 0 aromatic heterocycles. The molecule has 0 bridgehead atoms. The summed E-state index contributed by atoms with van der Waals surface area (Å²) in [5, 5.41) is 16.2. The van der Waals surface area contributed by atoms with Gasteiger partial charge in [-0.15, -0.1) is 24.0 Å². The number of nitrogens with zero attached hydrogens (tertiary/aromatic N) is 1. The van der Waals surface area contributed by atoms with Gasteiger partial charge >= 0.3 is 0 Å². The molecule has 0 atom stereocenters. The van der Waals surface area contributed by atoms with E-state index in [-0.39, 0.29) is 29.7 Å². The molecular weight excluding hydrogens is 457 g/mol. The van der Waals surface area contributed by atoms with Crippen LogP contribution in [0.2, 0.25) is 0 Å². The summed E-state index contributed by atoms with van der Waals surface area (Å²) in [5.41, 5.74) is 2.17. The van der Waals surface area contributed by atoms with Gasteiger partial charge in [-0.05, 0) is 48.7 Å². The summed E-state index contributed by atoms with van der Waals surface area (Å²) in [6.07, 6.45) is 0.792. The van der Waals surface area contributed by atoms with Gasteiger partial charge in [-0.3, -0.25) is 0 Å². The Bertz CT molecular complexity index is 738. The summed E-state index contributed by atoms with van der Waals surface area (Å²) in [5.74, 6) is 2.23. The Morgan fingerprint density at radius 2 is 1.85 bits per heavy atom. The second-order valence-corrected chi connectivity index (χ2v) is 5.73. The van der Waals surface area contributed by atoms with Crippen LogP contribution in [-0.4, -0.2) is 38.4 Å². The lowest BCUT2D eigenvalue weighted by atomic mass is 10.1. The van der Waals surface area contributed by atoms with Crippen LogP contribution < -0.4 is 20.1 Å². The van der Waals surface area contributed by atoms with Gasteiger partial charge in [-0.25, -0.2) is 4.99 Å². The lowest BCUT2D eigenvalue weighted by Gasteiger charge is -2.12. The van der Waals surface area contributed by atoms with Crippen LogP contribution in [0.15, 0.2) is 47.5 Å². The number of hydrogen-bond donors (Lipinski definition) is 3. The lowest BCUT2D eigenvalue weighted by molar-refractivity contribution is 0.373. The van der Waals surface area contributed by atoms with E-state index in [9.17, 15) is 5.11 Å². The van der Waals surface area contributed by atoms with E-state index in [1.165, 1.54) is 0 Å². The SMILES string of the molecule is CCNC(=NCc1cccc(OC)c1)NCCc1ccc(O)c(OC)c1.I.